The van der Waals surface area contributed by atoms with Crippen molar-refractivity contribution in [1.82, 2.24) is 0 Å². The number of hydrogen-bond donors (Lipinski definition) is 1. The van der Waals surface area contributed by atoms with Gasteiger partial charge in [-0.25, -0.2) is 0 Å². The zero-order valence-corrected chi connectivity index (χ0v) is 66.8. The smallest absolute Gasteiger partial charge is 0.225 e. The highest BCUT2D eigenvalue weighted by molar-refractivity contribution is 6.31. The second kappa shape index (κ2) is 37.0. The Balaban J connectivity index is 0.000000193. The number of aliphatic hydroxyl groups is 1. The number of benzene rings is 10. The van der Waals surface area contributed by atoms with Gasteiger partial charge in [0.1, 0.15) is 64.7 Å². The fraction of sp³-hybridized carbons (Fsp3) is 0.348. The minimum Gasteiger partial charge on any atom is -0.493 e. The van der Waals surface area contributed by atoms with E-state index in [0.29, 0.717) is 85.0 Å². The van der Waals surface area contributed by atoms with Gasteiger partial charge in [-0.05, 0) is 142 Å². The first-order chi connectivity index (χ1) is 53.1. The molecule has 14 rings (SSSR count). The van der Waals surface area contributed by atoms with Crippen LogP contribution in [0.1, 0.15) is 112 Å². The molecule has 570 valence electrons. The first-order valence-corrected chi connectivity index (χ1v) is 39.3. The van der Waals surface area contributed by atoms with Crippen LogP contribution in [0, 0.1) is 5.41 Å². The number of halogens is 2. The lowest BCUT2D eigenvalue weighted by molar-refractivity contribution is -0.385. The first kappa shape index (κ1) is 79.2. The maximum absolute atomic E-state index is 10.9. The van der Waals surface area contributed by atoms with Gasteiger partial charge in [0.2, 0.25) is 11.6 Å². The van der Waals surface area contributed by atoms with Crippen molar-refractivity contribution in [3.8, 4) is 11.5 Å². The van der Waals surface area contributed by atoms with E-state index in [1.165, 1.54) is 11.1 Å². The molecule has 0 aromatic heterocycles. The van der Waals surface area contributed by atoms with Crippen LogP contribution in [0.2, 0.25) is 10.0 Å². The number of fused-ring (bicyclic) bond motifs is 2. The summed E-state index contributed by atoms with van der Waals surface area (Å²) in [5.41, 5.74) is 13.3. The molecule has 109 heavy (non-hydrogen) atoms. The largest absolute Gasteiger partial charge is 0.493 e. The van der Waals surface area contributed by atoms with E-state index in [2.05, 4.69) is 100 Å². The fourth-order valence-corrected chi connectivity index (χ4v) is 16.0. The maximum atomic E-state index is 10.9. The molecule has 14 nitrogen and oxygen atoms in total. The molecule has 0 amide bonds. The summed E-state index contributed by atoms with van der Waals surface area (Å²) in [4.78, 5) is 0. The third-order valence-corrected chi connectivity index (χ3v) is 23.7. The summed E-state index contributed by atoms with van der Waals surface area (Å²) < 4.78 is 87.0. The van der Waals surface area contributed by atoms with E-state index in [0.717, 1.165) is 85.5 Å². The van der Waals surface area contributed by atoms with Gasteiger partial charge in [-0.2, -0.15) is 0 Å². The molecule has 0 saturated carbocycles. The van der Waals surface area contributed by atoms with Crippen molar-refractivity contribution in [2.24, 2.45) is 5.41 Å². The van der Waals surface area contributed by atoms with Crippen molar-refractivity contribution in [2.75, 3.05) is 34.0 Å². The summed E-state index contributed by atoms with van der Waals surface area (Å²) in [7, 11) is 3.89. The third kappa shape index (κ3) is 19.0. The van der Waals surface area contributed by atoms with E-state index in [-0.39, 0.29) is 25.2 Å². The topological polar surface area (TPSA) is 140 Å². The number of hydrogen-bond acceptors (Lipinski definition) is 14. The van der Waals surface area contributed by atoms with Gasteiger partial charge in [-0.1, -0.05) is 255 Å². The highest BCUT2D eigenvalue weighted by atomic mass is 35.5. The van der Waals surface area contributed by atoms with Gasteiger partial charge >= 0.3 is 0 Å². The molecule has 0 spiro atoms. The molecule has 4 heterocycles. The summed E-state index contributed by atoms with van der Waals surface area (Å²) >= 11 is 13.9. The number of methoxy groups -OCH3 is 2. The Kier molecular flexibility index (Phi) is 26.9. The Bertz CT molecular complexity index is 4510. The van der Waals surface area contributed by atoms with Crippen molar-refractivity contribution in [1.29, 1.82) is 0 Å². The van der Waals surface area contributed by atoms with E-state index < -0.39 is 66.0 Å². The fourth-order valence-electron chi connectivity index (χ4n) is 15.0. The van der Waals surface area contributed by atoms with Crippen molar-refractivity contribution >= 4 is 33.7 Å². The quantitative estimate of drug-likeness (QED) is 0.0412. The molecule has 0 aliphatic carbocycles. The Morgan fingerprint density at radius 2 is 0.734 bits per heavy atom. The normalized spacial score (nSPS) is 22.4. The average Bonchev–Trinajstić information content (AvgIpc) is 1.70. The summed E-state index contributed by atoms with van der Waals surface area (Å²) in [6.07, 6.45) is -1.99. The molecule has 2 fully saturated rings. The lowest BCUT2D eigenvalue weighted by Gasteiger charge is -2.54. The van der Waals surface area contributed by atoms with Crippen LogP contribution in [0.5, 0.6) is 11.5 Å². The Hall–Kier alpha value is -7.88. The molecule has 10 atom stereocenters. The van der Waals surface area contributed by atoms with E-state index in [9.17, 15) is 5.11 Å². The number of ether oxygens (including phenoxy) is 12. The van der Waals surface area contributed by atoms with Gasteiger partial charge in [-0.15, -0.1) is 0 Å². The van der Waals surface area contributed by atoms with Gasteiger partial charge in [0.05, 0.1) is 71.2 Å². The monoisotopic (exact) mass is 1530 g/mol. The zero-order valence-electron chi connectivity index (χ0n) is 63.3. The van der Waals surface area contributed by atoms with Crippen LogP contribution < -0.4 is 9.47 Å². The van der Waals surface area contributed by atoms with Crippen molar-refractivity contribution in [3.63, 3.8) is 0 Å². The summed E-state index contributed by atoms with van der Waals surface area (Å²) in [5, 5.41) is 12.2. The molecule has 2 saturated heterocycles. The SMILES string of the molecule is CO[C@@]1(c2ccc(Cl)c(Cc3ccc4c(c3)CCO4)c2)O[C@H](CC(C)(C)C(C)(C)O[SiH3])[C@@H](OCc2ccccc2)[C@H](OCc2ccccc2)[C@H]1OCc1ccccc1.CO[C@@]1(c2ccc(Cl)c(Cc3ccc4c(c3)CCO4)c2)O[C@H](CO)[C@@H](OCc2ccccc2)[C@H](OCc2ccccc2)[C@H]1OCc1ccccc1. The van der Waals surface area contributed by atoms with Gasteiger partial charge < -0.3 is 66.4 Å². The summed E-state index contributed by atoms with van der Waals surface area (Å²) in [6, 6.07) is 85.0. The van der Waals surface area contributed by atoms with Crippen LogP contribution in [-0.2, 0) is 129 Å². The lowest BCUT2D eigenvalue weighted by atomic mass is 9.71. The summed E-state index contributed by atoms with van der Waals surface area (Å²) in [6.45, 7) is 11.7. The van der Waals surface area contributed by atoms with Crippen LogP contribution in [0.25, 0.3) is 0 Å². The van der Waals surface area contributed by atoms with E-state index >= 15 is 0 Å². The Morgan fingerprint density at radius 3 is 1.07 bits per heavy atom. The number of rotatable bonds is 31. The molecule has 0 radical (unpaired) electrons. The second-order valence-corrected chi connectivity index (χ2v) is 30.8. The highest BCUT2D eigenvalue weighted by Gasteiger charge is 2.61. The predicted octanol–water partition coefficient (Wildman–Crippen LogP) is 17.1. The van der Waals surface area contributed by atoms with Crippen LogP contribution in [-0.4, -0.2) is 104 Å². The molecule has 0 unspecified atom stereocenters. The maximum Gasteiger partial charge on any atom is 0.225 e. The van der Waals surface area contributed by atoms with E-state index in [4.69, 9.17) is 84.5 Å². The van der Waals surface area contributed by atoms with E-state index in [1.807, 2.05) is 182 Å². The Morgan fingerprint density at radius 1 is 0.404 bits per heavy atom. The number of aliphatic hydroxyl groups excluding tert-OH is 1. The van der Waals surface area contributed by atoms with E-state index in [1.54, 1.807) is 14.2 Å². The van der Waals surface area contributed by atoms with Crippen LogP contribution >= 0.6 is 23.2 Å². The molecule has 10 aromatic carbocycles. The molecular formula is C92H100Cl2O14Si. The molecule has 4 aliphatic rings. The van der Waals surface area contributed by atoms with Crippen molar-refractivity contribution < 1.29 is 66.4 Å². The third-order valence-electron chi connectivity index (χ3n) is 21.9. The average molecular weight is 1530 g/mol. The molecule has 10 aromatic rings. The minimum atomic E-state index is -1.50. The van der Waals surface area contributed by atoms with Gasteiger partial charge in [0.15, 0.2) is 0 Å². The van der Waals surface area contributed by atoms with Gasteiger partial charge in [-0.3, -0.25) is 0 Å². The standard InChI is InChI=1S/C49H57ClO7Si.C43H43ClO7/c1-47(2,48(3,4)57-58)30-43-44(53-31-34-15-9-6-10-16-34)45(54-32-35-17-11-7-12-18-35)46(55-33-36-19-13-8-14-20-36)49(51-5,56-43)40-22-23-41(50)39(29-40)28-37-21-24-42-38(27-37)25-26-52-42;1-46-43(36-18-19-37(44)35(25-36)24-33-17-20-38-34(23-33)21-22-47-38)42(50-29-32-15-9-4-10-16-32)41(49-28-31-13-7-3-8-14-31)40(39(26-45)51-43)48-27-30-11-5-2-6-12-30/h6-24,27,29,43-46H,25-26,28,30-33H2,1-5,58H3;2-20,23,25,39-42,45H,21-22,24,26-29H2,1H3/t43-,44-,45+,46-,49+;39-,40-,41+,42-,43+/m11/s1. The van der Waals surface area contributed by atoms with Crippen LogP contribution in [0.3, 0.4) is 0 Å². The molecule has 1 N–H and O–H groups in total. The van der Waals surface area contributed by atoms with Gasteiger partial charge in [0.25, 0.3) is 0 Å². The lowest BCUT2D eigenvalue weighted by Crippen LogP contribution is -2.66. The second-order valence-electron chi connectivity index (χ2n) is 29.6. The zero-order chi connectivity index (χ0) is 75.8. The predicted molar refractivity (Wildman–Crippen MR) is 428 cm³/mol. The minimum absolute atomic E-state index is 0.262. The van der Waals surface area contributed by atoms with Crippen LogP contribution in [0.4, 0.5) is 0 Å². The van der Waals surface area contributed by atoms with Gasteiger partial charge in [0, 0.05) is 48.2 Å². The van der Waals surface area contributed by atoms with Crippen LogP contribution in [0.15, 0.2) is 255 Å². The Labute approximate surface area is 655 Å². The molecular weight excluding hydrogens is 1430 g/mol. The first-order valence-electron chi connectivity index (χ1n) is 37.7. The highest BCUT2D eigenvalue weighted by Crippen LogP contribution is 2.50. The molecule has 4 aliphatic heterocycles. The molecule has 17 heteroatoms. The van der Waals surface area contributed by atoms with Crippen molar-refractivity contribution in [3.05, 3.63) is 343 Å². The van der Waals surface area contributed by atoms with Crippen molar-refractivity contribution in [2.45, 2.75) is 165 Å². The molecule has 0 bridgehead atoms. The summed E-state index contributed by atoms with van der Waals surface area (Å²) in [5.74, 6) is -1.04.